The second kappa shape index (κ2) is 9.66. The molecule has 0 aromatic carbocycles. The van der Waals surface area contributed by atoms with E-state index in [1.54, 1.807) is 19.0 Å². The molecule has 2 atom stereocenters. The first-order valence-electron chi connectivity index (χ1n) is 8.26. The molecule has 0 bridgehead atoms. The number of carbonyl (C=O) groups excluding carboxylic acids is 1. The van der Waals surface area contributed by atoms with Gasteiger partial charge < -0.3 is 20.3 Å². The van der Waals surface area contributed by atoms with Gasteiger partial charge in [-0.1, -0.05) is 13.8 Å². The van der Waals surface area contributed by atoms with Crippen LogP contribution < -0.4 is 10.6 Å². The second-order valence-electron chi connectivity index (χ2n) is 6.50. The van der Waals surface area contributed by atoms with E-state index in [1.807, 2.05) is 0 Å². The van der Waals surface area contributed by atoms with Gasteiger partial charge in [-0.05, 0) is 32.1 Å². The van der Waals surface area contributed by atoms with Crippen LogP contribution in [-0.2, 0) is 9.53 Å². The SMILES string of the molecule is CC(C)C(C)NC(=NCC(=O)N(C)C)NCC1CCCCO1. The molecule has 1 amide bonds. The number of ether oxygens (including phenoxy) is 1. The number of carbonyl (C=O) groups is 1. The van der Waals surface area contributed by atoms with Crippen LogP contribution in [0, 0.1) is 5.92 Å². The predicted octanol–water partition coefficient (Wildman–Crippen LogP) is 1.22. The third-order valence-electron chi connectivity index (χ3n) is 4.01. The lowest BCUT2D eigenvalue weighted by molar-refractivity contribution is -0.127. The molecule has 0 spiro atoms. The number of amides is 1. The molecule has 2 N–H and O–H groups in total. The van der Waals surface area contributed by atoms with Crippen molar-refractivity contribution in [2.24, 2.45) is 10.9 Å². The Hall–Kier alpha value is -1.30. The number of nitrogens with zero attached hydrogens (tertiary/aromatic N) is 2. The first kappa shape index (κ1) is 18.7. The van der Waals surface area contributed by atoms with Gasteiger partial charge in [0.25, 0.3) is 0 Å². The zero-order valence-electron chi connectivity index (χ0n) is 14.7. The number of likely N-dealkylation sites (N-methyl/N-ethyl adjacent to an activating group) is 1. The third kappa shape index (κ3) is 7.11. The predicted molar refractivity (Wildman–Crippen MR) is 90.0 cm³/mol. The Balaban J connectivity index is 2.55. The van der Waals surface area contributed by atoms with Crippen molar-refractivity contribution in [1.82, 2.24) is 15.5 Å². The van der Waals surface area contributed by atoms with Crippen LogP contribution in [0.2, 0.25) is 0 Å². The smallest absolute Gasteiger partial charge is 0.243 e. The summed E-state index contributed by atoms with van der Waals surface area (Å²) in [6.45, 7) is 8.15. The molecule has 0 radical (unpaired) electrons. The van der Waals surface area contributed by atoms with E-state index in [0.717, 1.165) is 26.0 Å². The highest BCUT2D eigenvalue weighted by molar-refractivity contribution is 5.84. The molecule has 1 rings (SSSR count). The van der Waals surface area contributed by atoms with Gasteiger partial charge in [0.1, 0.15) is 6.54 Å². The molecule has 22 heavy (non-hydrogen) atoms. The highest BCUT2D eigenvalue weighted by Gasteiger charge is 2.16. The van der Waals surface area contributed by atoms with Gasteiger partial charge in [-0.2, -0.15) is 0 Å². The zero-order chi connectivity index (χ0) is 16.5. The van der Waals surface area contributed by atoms with Crippen LogP contribution >= 0.6 is 0 Å². The summed E-state index contributed by atoms with van der Waals surface area (Å²) in [5.41, 5.74) is 0. The van der Waals surface area contributed by atoms with Crippen molar-refractivity contribution < 1.29 is 9.53 Å². The summed E-state index contributed by atoms with van der Waals surface area (Å²) >= 11 is 0. The number of hydrogen-bond donors (Lipinski definition) is 2. The molecular weight excluding hydrogens is 280 g/mol. The second-order valence-corrected chi connectivity index (χ2v) is 6.50. The Kier molecular flexibility index (Phi) is 8.24. The maximum absolute atomic E-state index is 11.7. The number of nitrogens with one attached hydrogen (secondary N) is 2. The van der Waals surface area contributed by atoms with Gasteiger partial charge in [0.15, 0.2) is 5.96 Å². The molecule has 2 unspecified atom stereocenters. The Bertz CT molecular complexity index is 363. The highest BCUT2D eigenvalue weighted by Crippen LogP contribution is 2.11. The van der Waals surface area contributed by atoms with Crippen molar-refractivity contribution in [2.75, 3.05) is 33.8 Å². The molecule has 1 fully saturated rings. The number of hydrogen-bond acceptors (Lipinski definition) is 3. The first-order chi connectivity index (χ1) is 10.4. The molecule has 6 nitrogen and oxygen atoms in total. The number of aliphatic imine (C=N–C) groups is 1. The largest absolute Gasteiger partial charge is 0.376 e. The zero-order valence-corrected chi connectivity index (χ0v) is 14.7. The monoisotopic (exact) mass is 312 g/mol. The molecule has 128 valence electrons. The van der Waals surface area contributed by atoms with E-state index in [9.17, 15) is 4.79 Å². The Morgan fingerprint density at radius 3 is 2.59 bits per heavy atom. The minimum absolute atomic E-state index is 0.00721. The average Bonchev–Trinajstić information content (AvgIpc) is 2.50. The lowest BCUT2D eigenvalue weighted by Gasteiger charge is -2.26. The molecule has 1 aliphatic heterocycles. The van der Waals surface area contributed by atoms with Gasteiger partial charge in [-0.15, -0.1) is 0 Å². The molecule has 6 heteroatoms. The van der Waals surface area contributed by atoms with Crippen LogP contribution in [0.4, 0.5) is 0 Å². The fraction of sp³-hybridized carbons (Fsp3) is 0.875. The summed E-state index contributed by atoms with van der Waals surface area (Å²) in [5.74, 6) is 1.17. The molecule has 0 aliphatic carbocycles. The van der Waals surface area contributed by atoms with Crippen LogP contribution in [-0.4, -0.2) is 62.7 Å². The Morgan fingerprint density at radius 2 is 2.05 bits per heavy atom. The first-order valence-corrected chi connectivity index (χ1v) is 8.26. The minimum Gasteiger partial charge on any atom is -0.376 e. The van der Waals surface area contributed by atoms with Crippen LogP contribution in [0.25, 0.3) is 0 Å². The van der Waals surface area contributed by atoms with Crippen molar-refractivity contribution in [1.29, 1.82) is 0 Å². The third-order valence-corrected chi connectivity index (χ3v) is 4.01. The van der Waals surface area contributed by atoms with E-state index in [4.69, 9.17) is 4.74 Å². The van der Waals surface area contributed by atoms with Crippen molar-refractivity contribution in [3.05, 3.63) is 0 Å². The maximum atomic E-state index is 11.7. The molecule has 0 aromatic heterocycles. The lowest BCUT2D eigenvalue weighted by Crippen LogP contribution is -2.47. The van der Waals surface area contributed by atoms with Crippen LogP contribution in [0.1, 0.15) is 40.0 Å². The summed E-state index contributed by atoms with van der Waals surface area (Å²) in [5, 5.41) is 6.68. The summed E-state index contributed by atoms with van der Waals surface area (Å²) in [6.07, 6.45) is 3.68. The van der Waals surface area contributed by atoms with Crippen LogP contribution in [0.3, 0.4) is 0 Å². The number of guanidine groups is 1. The molecule has 1 aliphatic rings. The molecule has 0 aromatic rings. The van der Waals surface area contributed by atoms with Crippen LogP contribution in [0.5, 0.6) is 0 Å². The lowest BCUT2D eigenvalue weighted by atomic mass is 10.1. The van der Waals surface area contributed by atoms with E-state index < -0.39 is 0 Å². The fourth-order valence-corrected chi connectivity index (χ4v) is 2.00. The van der Waals surface area contributed by atoms with Crippen molar-refractivity contribution in [2.45, 2.75) is 52.2 Å². The molecular formula is C16H32N4O2. The van der Waals surface area contributed by atoms with Crippen molar-refractivity contribution in [3.8, 4) is 0 Å². The Morgan fingerprint density at radius 1 is 1.32 bits per heavy atom. The minimum atomic E-state index is -0.00721. The van der Waals surface area contributed by atoms with Gasteiger partial charge in [-0.25, -0.2) is 4.99 Å². The normalized spacial score (nSPS) is 20.6. The van der Waals surface area contributed by atoms with Gasteiger partial charge in [0.05, 0.1) is 6.10 Å². The van der Waals surface area contributed by atoms with E-state index in [-0.39, 0.29) is 24.6 Å². The Labute approximate surface area is 134 Å². The highest BCUT2D eigenvalue weighted by atomic mass is 16.5. The summed E-state index contributed by atoms with van der Waals surface area (Å²) in [6, 6.07) is 0.285. The topological polar surface area (TPSA) is 66.0 Å². The maximum Gasteiger partial charge on any atom is 0.243 e. The van der Waals surface area contributed by atoms with Crippen molar-refractivity contribution in [3.63, 3.8) is 0 Å². The fourth-order valence-electron chi connectivity index (χ4n) is 2.00. The van der Waals surface area contributed by atoms with E-state index in [2.05, 4.69) is 36.4 Å². The summed E-state index contributed by atoms with van der Waals surface area (Å²) in [4.78, 5) is 17.7. The van der Waals surface area contributed by atoms with E-state index in [0.29, 0.717) is 11.9 Å². The standard InChI is InChI=1S/C16H32N4O2/c1-12(2)13(3)19-16(18-11-15(21)20(4)5)17-10-14-8-6-7-9-22-14/h12-14H,6-11H2,1-5H3,(H2,17,18,19). The summed E-state index contributed by atoms with van der Waals surface area (Å²) < 4.78 is 5.72. The molecule has 1 heterocycles. The number of rotatable bonds is 6. The van der Waals surface area contributed by atoms with E-state index >= 15 is 0 Å². The molecule has 0 saturated carbocycles. The van der Waals surface area contributed by atoms with Gasteiger partial charge in [0, 0.05) is 33.3 Å². The average molecular weight is 312 g/mol. The van der Waals surface area contributed by atoms with Gasteiger partial charge in [0.2, 0.25) is 5.91 Å². The van der Waals surface area contributed by atoms with E-state index in [1.165, 1.54) is 6.42 Å². The van der Waals surface area contributed by atoms with Crippen molar-refractivity contribution >= 4 is 11.9 Å². The summed E-state index contributed by atoms with van der Waals surface area (Å²) in [7, 11) is 3.48. The van der Waals surface area contributed by atoms with Crippen LogP contribution in [0.15, 0.2) is 4.99 Å². The molecule has 1 saturated heterocycles. The quantitative estimate of drug-likeness (QED) is 0.572. The van der Waals surface area contributed by atoms with Gasteiger partial charge >= 0.3 is 0 Å². The van der Waals surface area contributed by atoms with Gasteiger partial charge in [-0.3, -0.25) is 4.79 Å².